The second kappa shape index (κ2) is 10.1. The molecule has 1 aromatic heterocycles. The molecular weight excluding hydrogens is 512 g/mol. The SMILES string of the molecule is N#Cc1cccc(-n2c3c(c4ccc(C5CCC[C@H]6c7ccccc7N(C7C=CCCC7)C56)cc42)CC(C#N)C=C3)c1. The summed E-state index contributed by atoms with van der Waals surface area (Å²) in [6.07, 6.45) is 17.1. The molecule has 4 aliphatic rings. The maximum Gasteiger partial charge on any atom is 0.0992 e. The molecule has 3 aliphatic carbocycles. The Morgan fingerprint density at radius 1 is 0.833 bits per heavy atom. The second-order valence-electron chi connectivity index (χ2n) is 12.5. The molecule has 0 spiro atoms. The molecule has 4 nitrogen and oxygen atoms in total. The Kier molecular flexibility index (Phi) is 6.04. The van der Waals surface area contributed by atoms with Crippen molar-refractivity contribution in [2.45, 2.75) is 68.9 Å². The summed E-state index contributed by atoms with van der Waals surface area (Å²) in [6, 6.07) is 29.9. The van der Waals surface area contributed by atoms with Gasteiger partial charge < -0.3 is 9.47 Å². The lowest BCUT2D eigenvalue weighted by atomic mass is 9.72. The molecule has 3 aromatic carbocycles. The van der Waals surface area contributed by atoms with Crippen LogP contribution < -0.4 is 4.90 Å². The van der Waals surface area contributed by atoms with Crippen molar-refractivity contribution in [1.29, 1.82) is 10.5 Å². The lowest BCUT2D eigenvalue weighted by Crippen LogP contribution is -2.46. The van der Waals surface area contributed by atoms with E-state index in [0.717, 1.165) is 11.4 Å². The van der Waals surface area contributed by atoms with Crippen LogP contribution in [0.4, 0.5) is 5.69 Å². The Morgan fingerprint density at radius 2 is 1.74 bits per heavy atom. The molecule has 1 fully saturated rings. The van der Waals surface area contributed by atoms with Crippen molar-refractivity contribution in [3.8, 4) is 17.8 Å². The Balaban J connectivity index is 1.29. The fraction of sp³-hybridized carbons (Fsp3) is 0.316. The van der Waals surface area contributed by atoms with E-state index in [1.165, 1.54) is 71.8 Å². The van der Waals surface area contributed by atoms with Crippen LogP contribution in [0.25, 0.3) is 22.7 Å². The Labute approximate surface area is 247 Å². The molecule has 0 saturated heterocycles. The van der Waals surface area contributed by atoms with E-state index in [1.807, 2.05) is 24.3 Å². The van der Waals surface area contributed by atoms with Crippen molar-refractivity contribution in [2.75, 3.05) is 4.90 Å². The van der Waals surface area contributed by atoms with E-state index >= 15 is 0 Å². The van der Waals surface area contributed by atoms with E-state index in [0.29, 0.717) is 35.9 Å². The number of hydrogen-bond acceptors (Lipinski definition) is 3. The van der Waals surface area contributed by atoms with Crippen LogP contribution in [0.15, 0.2) is 85.0 Å². The Bertz CT molecular complexity index is 1840. The van der Waals surface area contributed by atoms with Gasteiger partial charge in [0, 0.05) is 46.4 Å². The molecule has 2 heterocycles. The average Bonchev–Trinajstić information content (AvgIpc) is 3.57. The number of rotatable bonds is 3. The average molecular weight is 547 g/mol. The number of para-hydroxylation sites is 1. The van der Waals surface area contributed by atoms with Gasteiger partial charge in [-0.1, -0.05) is 61.0 Å². The first-order valence-corrected chi connectivity index (χ1v) is 15.5. The quantitative estimate of drug-likeness (QED) is 0.242. The van der Waals surface area contributed by atoms with Crippen LogP contribution in [0.2, 0.25) is 0 Å². The summed E-state index contributed by atoms with van der Waals surface area (Å²) in [7, 11) is 0. The second-order valence-corrected chi connectivity index (χ2v) is 12.5. The number of benzene rings is 3. The fourth-order valence-electron chi connectivity index (χ4n) is 8.48. The predicted molar refractivity (Wildman–Crippen MR) is 169 cm³/mol. The van der Waals surface area contributed by atoms with Gasteiger partial charge in [0.1, 0.15) is 0 Å². The number of allylic oxidation sites excluding steroid dienone is 2. The highest BCUT2D eigenvalue weighted by atomic mass is 15.2. The maximum absolute atomic E-state index is 9.74. The zero-order valence-electron chi connectivity index (χ0n) is 23.8. The maximum atomic E-state index is 9.74. The number of nitriles is 2. The molecule has 8 rings (SSSR count). The van der Waals surface area contributed by atoms with Gasteiger partial charge >= 0.3 is 0 Å². The summed E-state index contributed by atoms with van der Waals surface area (Å²) < 4.78 is 2.32. The number of aromatic nitrogens is 1. The standard InChI is InChI=1S/C38H34N4/c39-23-25-8-6-11-29(20-25)41-36-19-16-26(24-40)21-34(36)32-18-17-27(22-37(32)41)30-13-7-14-33-31-12-4-5-15-35(31)42(38(30)33)28-9-2-1-3-10-28/h2,4-6,8-9,11-12,15-20,22,26,28,30,33,38H,1,3,7,10,13-14,21H2/t26?,28?,30?,33-,38?/m0/s1. The normalized spacial score (nSPS) is 25.9. The van der Waals surface area contributed by atoms with E-state index < -0.39 is 0 Å². The summed E-state index contributed by atoms with van der Waals surface area (Å²) in [6.45, 7) is 0. The predicted octanol–water partition coefficient (Wildman–Crippen LogP) is 8.56. The summed E-state index contributed by atoms with van der Waals surface area (Å²) in [5.74, 6) is 0.872. The van der Waals surface area contributed by atoms with Gasteiger partial charge in [0.05, 0.1) is 29.1 Å². The third-order valence-corrected chi connectivity index (χ3v) is 10.3. The van der Waals surface area contributed by atoms with Gasteiger partial charge in [-0.05, 0) is 91.6 Å². The third kappa shape index (κ3) is 3.86. The monoisotopic (exact) mass is 546 g/mol. The third-order valence-electron chi connectivity index (χ3n) is 10.3. The lowest BCUT2D eigenvalue weighted by Gasteiger charge is -2.44. The van der Waals surface area contributed by atoms with Crippen molar-refractivity contribution in [3.63, 3.8) is 0 Å². The minimum absolute atomic E-state index is 0.116. The zero-order chi connectivity index (χ0) is 28.2. The van der Waals surface area contributed by atoms with Crippen LogP contribution in [0, 0.1) is 28.6 Å². The van der Waals surface area contributed by atoms with Crippen LogP contribution in [0.5, 0.6) is 0 Å². The highest BCUT2D eigenvalue weighted by molar-refractivity contribution is 5.91. The number of anilines is 1. The molecule has 4 heteroatoms. The smallest absolute Gasteiger partial charge is 0.0992 e. The molecule has 0 radical (unpaired) electrons. The molecule has 0 amide bonds. The van der Waals surface area contributed by atoms with Crippen LogP contribution in [0.3, 0.4) is 0 Å². The zero-order valence-corrected chi connectivity index (χ0v) is 23.8. The summed E-state index contributed by atoms with van der Waals surface area (Å²) in [4.78, 5) is 2.80. The minimum atomic E-state index is -0.116. The van der Waals surface area contributed by atoms with E-state index in [9.17, 15) is 10.5 Å². The van der Waals surface area contributed by atoms with Gasteiger partial charge in [0.15, 0.2) is 0 Å². The van der Waals surface area contributed by atoms with Gasteiger partial charge in [-0.15, -0.1) is 0 Å². The van der Waals surface area contributed by atoms with Gasteiger partial charge in [-0.3, -0.25) is 0 Å². The summed E-state index contributed by atoms with van der Waals surface area (Å²) in [5, 5.41) is 20.6. The van der Waals surface area contributed by atoms with Crippen LogP contribution in [-0.4, -0.2) is 16.7 Å². The molecular formula is C38H34N4. The van der Waals surface area contributed by atoms with Crippen molar-refractivity contribution < 1.29 is 0 Å². The van der Waals surface area contributed by atoms with Gasteiger partial charge in [0.25, 0.3) is 0 Å². The van der Waals surface area contributed by atoms with Crippen molar-refractivity contribution >= 4 is 22.7 Å². The van der Waals surface area contributed by atoms with E-state index in [-0.39, 0.29) is 5.92 Å². The minimum Gasteiger partial charge on any atom is -0.361 e. The topological polar surface area (TPSA) is 55.8 Å². The lowest BCUT2D eigenvalue weighted by molar-refractivity contribution is 0.327. The molecule has 4 aromatic rings. The number of hydrogen-bond donors (Lipinski definition) is 0. The van der Waals surface area contributed by atoms with Gasteiger partial charge in [0.2, 0.25) is 0 Å². The molecule has 0 bridgehead atoms. The van der Waals surface area contributed by atoms with Gasteiger partial charge in [-0.25, -0.2) is 0 Å². The first-order chi connectivity index (χ1) is 20.7. The van der Waals surface area contributed by atoms with Gasteiger partial charge in [-0.2, -0.15) is 10.5 Å². The first kappa shape index (κ1) is 25.2. The molecule has 4 unspecified atom stereocenters. The van der Waals surface area contributed by atoms with E-state index in [2.05, 4.69) is 88.4 Å². The van der Waals surface area contributed by atoms with Crippen LogP contribution in [-0.2, 0) is 6.42 Å². The Hall–Kier alpha value is -4.54. The highest BCUT2D eigenvalue weighted by Gasteiger charge is 2.47. The van der Waals surface area contributed by atoms with Crippen molar-refractivity contribution in [2.24, 2.45) is 5.92 Å². The van der Waals surface area contributed by atoms with Crippen molar-refractivity contribution in [1.82, 2.24) is 4.57 Å². The van der Waals surface area contributed by atoms with Crippen LogP contribution in [0.1, 0.15) is 78.3 Å². The molecule has 206 valence electrons. The highest BCUT2D eigenvalue weighted by Crippen LogP contribution is 2.54. The van der Waals surface area contributed by atoms with E-state index in [1.54, 1.807) is 0 Å². The molecule has 0 N–H and O–H groups in total. The Morgan fingerprint density at radius 3 is 2.60 bits per heavy atom. The molecule has 42 heavy (non-hydrogen) atoms. The summed E-state index contributed by atoms with van der Waals surface area (Å²) >= 11 is 0. The largest absolute Gasteiger partial charge is 0.361 e. The molecule has 5 atom stereocenters. The van der Waals surface area contributed by atoms with E-state index in [4.69, 9.17) is 0 Å². The van der Waals surface area contributed by atoms with Crippen molar-refractivity contribution in [3.05, 3.63) is 113 Å². The molecule has 1 saturated carbocycles. The molecule has 1 aliphatic heterocycles. The first-order valence-electron chi connectivity index (χ1n) is 15.5. The van der Waals surface area contributed by atoms with Crippen LogP contribution >= 0.6 is 0 Å². The summed E-state index contributed by atoms with van der Waals surface area (Å²) in [5.41, 5.74) is 9.58. The number of fused-ring (bicyclic) bond motifs is 6. The number of nitrogens with zero attached hydrogens (tertiary/aromatic N) is 4. The fourth-order valence-corrected chi connectivity index (χ4v) is 8.48.